The molecule has 0 saturated carbocycles. The number of hydrogen-bond acceptors (Lipinski definition) is 5. The van der Waals surface area contributed by atoms with Gasteiger partial charge in [0.1, 0.15) is 0 Å². The Hall–Kier alpha value is -1.43. The Morgan fingerprint density at radius 1 is 1.56 bits per heavy atom. The summed E-state index contributed by atoms with van der Waals surface area (Å²) >= 11 is 0. The molecule has 1 rings (SSSR count). The van der Waals surface area contributed by atoms with Crippen LogP contribution in [0.3, 0.4) is 0 Å². The molecule has 90 valence electrons. The molecule has 0 bridgehead atoms. The minimum atomic E-state index is -0.429. The normalized spacial score (nSPS) is 10.6. The van der Waals surface area contributed by atoms with Crippen molar-refractivity contribution in [2.75, 3.05) is 23.4 Å². The van der Waals surface area contributed by atoms with E-state index in [9.17, 15) is 4.39 Å². The third-order valence-electron chi connectivity index (χ3n) is 2.12. The van der Waals surface area contributed by atoms with Crippen LogP contribution in [0, 0.1) is 11.7 Å². The van der Waals surface area contributed by atoms with E-state index in [2.05, 4.69) is 29.2 Å². The van der Waals surface area contributed by atoms with Crippen LogP contribution in [0.15, 0.2) is 6.20 Å². The lowest BCUT2D eigenvalue weighted by Crippen LogP contribution is -2.29. The molecule has 6 heteroatoms. The predicted molar refractivity (Wildman–Crippen MR) is 62.5 cm³/mol. The van der Waals surface area contributed by atoms with Gasteiger partial charge in [-0.05, 0) is 12.8 Å². The van der Waals surface area contributed by atoms with E-state index in [4.69, 9.17) is 5.84 Å². The zero-order valence-electron chi connectivity index (χ0n) is 9.87. The monoisotopic (exact) mass is 227 g/mol. The van der Waals surface area contributed by atoms with E-state index >= 15 is 0 Å². The summed E-state index contributed by atoms with van der Waals surface area (Å²) in [5, 5.41) is 0. The summed E-state index contributed by atoms with van der Waals surface area (Å²) in [5.41, 5.74) is 2.31. The number of nitrogens with one attached hydrogen (secondary N) is 1. The van der Waals surface area contributed by atoms with Crippen molar-refractivity contribution < 1.29 is 4.39 Å². The second-order valence-corrected chi connectivity index (χ2v) is 3.94. The van der Waals surface area contributed by atoms with Crippen LogP contribution in [-0.2, 0) is 0 Å². The van der Waals surface area contributed by atoms with Gasteiger partial charge in [-0.25, -0.2) is 15.2 Å². The Kier molecular flexibility index (Phi) is 4.42. The molecule has 0 aliphatic heterocycles. The number of hydrazine groups is 1. The average molecular weight is 227 g/mol. The first kappa shape index (κ1) is 12.6. The molecule has 0 aromatic carbocycles. The molecule has 3 N–H and O–H groups in total. The Bertz CT molecular complexity index is 342. The van der Waals surface area contributed by atoms with E-state index in [1.165, 1.54) is 0 Å². The van der Waals surface area contributed by atoms with Gasteiger partial charge in [-0.2, -0.15) is 4.98 Å². The van der Waals surface area contributed by atoms with Gasteiger partial charge < -0.3 is 4.90 Å². The number of halogens is 1. The van der Waals surface area contributed by atoms with Crippen LogP contribution in [0.2, 0.25) is 0 Å². The smallest absolute Gasteiger partial charge is 0.239 e. The second kappa shape index (κ2) is 5.60. The highest BCUT2D eigenvalue weighted by Gasteiger charge is 2.14. The van der Waals surface area contributed by atoms with Crippen molar-refractivity contribution in [1.29, 1.82) is 0 Å². The van der Waals surface area contributed by atoms with Gasteiger partial charge >= 0.3 is 0 Å². The van der Waals surface area contributed by atoms with Crippen molar-refractivity contribution in [1.82, 2.24) is 9.97 Å². The molecule has 16 heavy (non-hydrogen) atoms. The van der Waals surface area contributed by atoms with E-state index in [0.717, 1.165) is 12.7 Å². The lowest BCUT2D eigenvalue weighted by atomic mass is 10.2. The van der Waals surface area contributed by atoms with Crippen LogP contribution >= 0.6 is 0 Å². The first-order valence-corrected chi connectivity index (χ1v) is 5.32. The molecule has 0 radical (unpaired) electrons. The summed E-state index contributed by atoms with van der Waals surface area (Å²) in [7, 11) is 0. The SMILES string of the molecule is CCN(CC(C)C)c1nc(NN)ncc1F. The Labute approximate surface area is 94.8 Å². The van der Waals surface area contributed by atoms with E-state index < -0.39 is 5.82 Å². The summed E-state index contributed by atoms with van der Waals surface area (Å²) in [4.78, 5) is 9.59. The van der Waals surface area contributed by atoms with Crippen LogP contribution in [0.1, 0.15) is 20.8 Å². The van der Waals surface area contributed by atoms with Gasteiger partial charge in [-0.15, -0.1) is 0 Å². The highest BCUT2D eigenvalue weighted by molar-refractivity contribution is 5.43. The van der Waals surface area contributed by atoms with Gasteiger partial charge in [0, 0.05) is 13.1 Å². The molecular weight excluding hydrogens is 209 g/mol. The first-order chi connectivity index (χ1) is 7.58. The molecule has 1 aromatic rings. The van der Waals surface area contributed by atoms with E-state index in [1.54, 1.807) is 0 Å². The van der Waals surface area contributed by atoms with E-state index in [1.807, 2.05) is 11.8 Å². The lowest BCUT2D eigenvalue weighted by Gasteiger charge is -2.24. The zero-order chi connectivity index (χ0) is 12.1. The molecule has 1 heterocycles. The molecule has 1 aromatic heterocycles. The van der Waals surface area contributed by atoms with E-state index in [-0.39, 0.29) is 5.95 Å². The van der Waals surface area contributed by atoms with Crippen LogP contribution in [0.5, 0.6) is 0 Å². The number of aromatic nitrogens is 2. The Morgan fingerprint density at radius 3 is 2.75 bits per heavy atom. The van der Waals surface area contributed by atoms with Gasteiger partial charge in [0.25, 0.3) is 0 Å². The van der Waals surface area contributed by atoms with Crippen molar-refractivity contribution in [3.05, 3.63) is 12.0 Å². The summed E-state index contributed by atoms with van der Waals surface area (Å²) in [5.74, 6) is 5.71. The maximum Gasteiger partial charge on any atom is 0.239 e. The predicted octanol–water partition coefficient (Wildman–Crippen LogP) is 1.38. The van der Waals surface area contributed by atoms with Crippen LogP contribution in [-0.4, -0.2) is 23.1 Å². The molecule has 0 fully saturated rings. The van der Waals surface area contributed by atoms with Crippen molar-refractivity contribution in [2.24, 2.45) is 11.8 Å². The van der Waals surface area contributed by atoms with E-state index in [0.29, 0.717) is 18.3 Å². The summed E-state index contributed by atoms with van der Waals surface area (Å²) in [6.45, 7) is 7.54. The minimum Gasteiger partial charge on any atom is -0.354 e. The van der Waals surface area contributed by atoms with Crippen molar-refractivity contribution in [3.8, 4) is 0 Å². The third-order valence-corrected chi connectivity index (χ3v) is 2.12. The van der Waals surface area contributed by atoms with Gasteiger partial charge in [0.05, 0.1) is 6.20 Å². The number of nitrogen functional groups attached to an aromatic ring is 1. The molecule has 0 unspecified atom stereocenters. The summed E-state index contributed by atoms with van der Waals surface area (Å²) in [6.07, 6.45) is 1.13. The highest BCUT2D eigenvalue weighted by atomic mass is 19.1. The molecule has 0 saturated heterocycles. The number of nitrogens with two attached hydrogens (primary N) is 1. The second-order valence-electron chi connectivity index (χ2n) is 3.94. The number of nitrogens with zero attached hydrogens (tertiary/aromatic N) is 3. The number of rotatable bonds is 5. The van der Waals surface area contributed by atoms with Gasteiger partial charge in [0.2, 0.25) is 5.95 Å². The fourth-order valence-corrected chi connectivity index (χ4v) is 1.46. The lowest BCUT2D eigenvalue weighted by molar-refractivity contribution is 0.574. The highest BCUT2D eigenvalue weighted by Crippen LogP contribution is 2.17. The van der Waals surface area contributed by atoms with Crippen molar-refractivity contribution >= 4 is 11.8 Å². The molecule has 0 spiro atoms. The maximum absolute atomic E-state index is 13.6. The topological polar surface area (TPSA) is 67.1 Å². The van der Waals surface area contributed by atoms with Crippen molar-refractivity contribution in [2.45, 2.75) is 20.8 Å². The van der Waals surface area contributed by atoms with Gasteiger partial charge in [-0.3, -0.25) is 5.43 Å². The molecule has 0 aliphatic rings. The number of anilines is 2. The Morgan fingerprint density at radius 2 is 2.25 bits per heavy atom. The fourth-order valence-electron chi connectivity index (χ4n) is 1.46. The van der Waals surface area contributed by atoms with Crippen LogP contribution in [0.4, 0.5) is 16.2 Å². The first-order valence-electron chi connectivity index (χ1n) is 5.32. The largest absolute Gasteiger partial charge is 0.354 e. The van der Waals surface area contributed by atoms with Crippen LogP contribution in [0.25, 0.3) is 0 Å². The summed E-state index contributed by atoms with van der Waals surface area (Å²) < 4.78 is 13.6. The number of hydrogen-bond donors (Lipinski definition) is 2. The third kappa shape index (κ3) is 3.03. The molecule has 0 aliphatic carbocycles. The van der Waals surface area contributed by atoms with Crippen molar-refractivity contribution in [3.63, 3.8) is 0 Å². The fraction of sp³-hybridized carbons (Fsp3) is 0.600. The zero-order valence-corrected chi connectivity index (χ0v) is 9.87. The molecule has 0 atom stereocenters. The molecular formula is C10H18FN5. The Balaban J connectivity index is 2.98. The van der Waals surface area contributed by atoms with Gasteiger partial charge in [0.15, 0.2) is 11.6 Å². The van der Waals surface area contributed by atoms with Crippen LogP contribution < -0.4 is 16.2 Å². The minimum absolute atomic E-state index is 0.221. The average Bonchev–Trinajstić information content (AvgIpc) is 2.26. The molecule has 5 nitrogen and oxygen atoms in total. The van der Waals surface area contributed by atoms with Gasteiger partial charge in [-0.1, -0.05) is 13.8 Å². The molecule has 0 amide bonds. The quantitative estimate of drug-likeness (QED) is 0.587. The standard InChI is InChI=1S/C10H18FN5/c1-4-16(6-7(2)3)9-8(11)5-13-10(14-9)15-12/h5,7H,4,6,12H2,1-3H3,(H,13,14,15). The maximum atomic E-state index is 13.6. The summed E-state index contributed by atoms with van der Waals surface area (Å²) in [6, 6.07) is 0.